The summed E-state index contributed by atoms with van der Waals surface area (Å²) in [6.45, 7) is 0.853. The molecule has 0 saturated carbocycles. The van der Waals surface area contributed by atoms with Gasteiger partial charge in [-0.3, -0.25) is 0 Å². The van der Waals surface area contributed by atoms with Gasteiger partial charge in [-0.2, -0.15) is 0 Å². The third kappa shape index (κ3) is 2.37. The highest BCUT2D eigenvalue weighted by Crippen LogP contribution is 2.35. The fourth-order valence-electron chi connectivity index (χ4n) is 1.92. The van der Waals surface area contributed by atoms with E-state index in [0.717, 1.165) is 17.2 Å². The Morgan fingerprint density at radius 3 is 2.95 bits per heavy atom. The average Bonchev–Trinajstić information content (AvgIpc) is 2.85. The fraction of sp³-hybridized carbons (Fsp3) is 0.231. The van der Waals surface area contributed by atoms with Crippen LogP contribution in [0.2, 0.25) is 0 Å². The van der Waals surface area contributed by atoms with Gasteiger partial charge in [0.15, 0.2) is 11.5 Å². The van der Waals surface area contributed by atoms with Crippen LogP contribution in [0.5, 0.6) is 11.5 Å². The quantitative estimate of drug-likeness (QED) is 0.897. The van der Waals surface area contributed by atoms with E-state index in [1.165, 1.54) is 0 Å². The summed E-state index contributed by atoms with van der Waals surface area (Å²) in [5.74, 6) is 2.69. The van der Waals surface area contributed by atoms with Crippen LogP contribution in [0.1, 0.15) is 5.82 Å². The number of ether oxygens (including phenoxy) is 2. The van der Waals surface area contributed by atoms with Crippen LogP contribution < -0.4 is 20.1 Å². The third-order valence-corrected chi connectivity index (χ3v) is 2.90. The van der Waals surface area contributed by atoms with Gasteiger partial charge >= 0.3 is 0 Å². The Balaban J connectivity index is 1.78. The van der Waals surface area contributed by atoms with Crippen molar-refractivity contribution in [3.05, 3.63) is 36.3 Å². The Hall–Kier alpha value is -2.50. The number of nitrogens with zero attached hydrogens (tertiary/aromatic N) is 3. The highest BCUT2D eigenvalue weighted by atomic mass is 16.7. The van der Waals surface area contributed by atoms with Crippen LogP contribution in [0, 0.1) is 0 Å². The number of aromatic nitrogens is 2. The van der Waals surface area contributed by atoms with Crippen molar-refractivity contribution >= 4 is 11.5 Å². The Morgan fingerprint density at radius 2 is 2.11 bits per heavy atom. The minimum Gasteiger partial charge on any atom is -0.454 e. The molecule has 0 atom stereocenters. The molecule has 1 aliphatic rings. The summed E-state index contributed by atoms with van der Waals surface area (Å²) in [6, 6.07) is 7.48. The van der Waals surface area contributed by atoms with Crippen LogP contribution in [0.3, 0.4) is 0 Å². The summed E-state index contributed by atoms with van der Waals surface area (Å²) >= 11 is 0. The second kappa shape index (κ2) is 4.64. The van der Waals surface area contributed by atoms with E-state index in [1.54, 1.807) is 12.3 Å². The molecule has 0 spiro atoms. The maximum absolute atomic E-state index is 5.64. The standard InChI is InChI=1S/C13H14N4O2/c1-17(7-13-15-5-4-12(14)16-13)9-2-3-10-11(6-9)19-8-18-10/h2-6H,7-8H2,1H3,(H2,14,15,16). The normalized spacial score (nSPS) is 12.5. The van der Waals surface area contributed by atoms with Crippen LogP contribution in [-0.2, 0) is 6.54 Å². The number of benzene rings is 1. The predicted octanol–water partition coefficient (Wildman–Crippen LogP) is 1.42. The zero-order chi connectivity index (χ0) is 13.2. The molecule has 3 rings (SSSR count). The molecule has 0 radical (unpaired) electrons. The molecule has 1 aliphatic heterocycles. The van der Waals surface area contributed by atoms with Crippen molar-refractivity contribution < 1.29 is 9.47 Å². The van der Waals surface area contributed by atoms with E-state index < -0.39 is 0 Å². The maximum atomic E-state index is 5.64. The van der Waals surface area contributed by atoms with Gasteiger partial charge in [0.25, 0.3) is 0 Å². The van der Waals surface area contributed by atoms with Crippen molar-refractivity contribution in [2.24, 2.45) is 0 Å². The van der Waals surface area contributed by atoms with Gasteiger partial charge < -0.3 is 20.1 Å². The van der Waals surface area contributed by atoms with Crippen LogP contribution in [0.15, 0.2) is 30.5 Å². The van der Waals surface area contributed by atoms with Crippen molar-refractivity contribution in [1.29, 1.82) is 0 Å². The Labute approximate surface area is 110 Å². The largest absolute Gasteiger partial charge is 0.454 e. The van der Waals surface area contributed by atoms with Crippen molar-refractivity contribution in [2.45, 2.75) is 6.54 Å². The molecular formula is C13H14N4O2. The summed E-state index contributed by atoms with van der Waals surface area (Å²) in [5.41, 5.74) is 6.65. The number of fused-ring (bicyclic) bond motifs is 1. The third-order valence-electron chi connectivity index (χ3n) is 2.90. The van der Waals surface area contributed by atoms with E-state index in [0.29, 0.717) is 18.2 Å². The lowest BCUT2D eigenvalue weighted by Gasteiger charge is -2.18. The number of nitrogen functional groups attached to an aromatic ring is 1. The van der Waals surface area contributed by atoms with Gasteiger partial charge in [-0.1, -0.05) is 0 Å². The molecule has 6 heteroatoms. The van der Waals surface area contributed by atoms with E-state index >= 15 is 0 Å². The van der Waals surface area contributed by atoms with Crippen molar-refractivity contribution in [2.75, 3.05) is 24.5 Å². The minimum atomic E-state index is 0.279. The lowest BCUT2D eigenvalue weighted by molar-refractivity contribution is 0.174. The SMILES string of the molecule is CN(Cc1nccc(N)n1)c1ccc2c(c1)OCO2. The van der Waals surface area contributed by atoms with E-state index in [9.17, 15) is 0 Å². The van der Waals surface area contributed by atoms with Crippen molar-refractivity contribution in [3.8, 4) is 11.5 Å². The first kappa shape index (κ1) is 11.6. The first-order valence-electron chi connectivity index (χ1n) is 5.90. The molecule has 2 heterocycles. The number of anilines is 2. The number of nitrogens with two attached hydrogens (primary N) is 1. The summed E-state index contributed by atoms with van der Waals surface area (Å²) < 4.78 is 10.6. The number of hydrogen-bond acceptors (Lipinski definition) is 6. The second-order valence-corrected chi connectivity index (χ2v) is 4.29. The Kier molecular flexibility index (Phi) is 2.83. The first-order valence-corrected chi connectivity index (χ1v) is 5.90. The summed E-state index contributed by atoms with van der Waals surface area (Å²) in [7, 11) is 1.96. The Bertz CT molecular complexity index is 603. The lowest BCUT2D eigenvalue weighted by atomic mass is 10.2. The second-order valence-electron chi connectivity index (χ2n) is 4.29. The summed E-state index contributed by atoms with van der Waals surface area (Å²) in [4.78, 5) is 10.4. The monoisotopic (exact) mass is 258 g/mol. The highest BCUT2D eigenvalue weighted by Gasteiger charge is 2.15. The Morgan fingerprint density at radius 1 is 1.26 bits per heavy atom. The molecule has 1 aromatic heterocycles. The zero-order valence-electron chi connectivity index (χ0n) is 10.5. The molecule has 2 aromatic rings. The predicted molar refractivity (Wildman–Crippen MR) is 71.1 cm³/mol. The smallest absolute Gasteiger partial charge is 0.231 e. The van der Waals surface area contributed by atoms with E-state index in [-0.39, 0.29) is 6.79 Å². The molecule has 19 heavy (non-hydrogen) atoms. The number of hydrogen-bond donors (Lipinski definition) is 1. The number of rotatable bonds is 3. The van der Waals surface area contributed by atoms with Gasteiger partial charge in [-0.15, -0.1) is 0 Å². The molecule has 1 aromatic carbocycles. The molecule has 0 bridgehead atoms. The van der Waals surface area contributed by atoms with Gasteiger partial charge in [0.05, 0.1) is 6.54 Å². The van der Waals surface area contributed by atoms with Gasteiger partial charge in [0.2, 0.25) is 6.79 Å². The van der Waals surface area contributed by atoms with Crippen LogP contribution >= 0.6 is 0 Å². The minimum absolute atomic E-state index is 0.279. The lowest BCUT2D eigenvalue weighted by Crippen LogP contribution is -2.18. The molecule has 98 valence electrons. The molecule has 0 aliphatic carbocycles. The first-order chi connectivity index (χ1) is 9.22. The maximum Gasteiger partial charge on any atom is 0.231 e. The molecule has 0 saturated heterocycles. The van der Waals surface area contributed by atoms with Gasteiger partial charge in [-0.25, -0.2) is 9.97 Å². The van der Waals surface area contributed by atoms with Crippen molar-refractivity contribution in [3.63, 3.8) is 0 Å². The van der Waals surface area contributed by atoms with Crippen LogP contribution in [0.4, 0.5) is 11.5 Å². The molecular weight excluding hydrogens is 244 g/mol. The van der Waals surface area contributed by atoms with Gasteiger partial charge in [-0.05, 0) is 18.2 Å². The van der Waals surface area contributed by atoms with Crippen molar-refractivity contribution in [1.82, 2.24) is 9.97 Å². The van der Waals surface area contributed by atoms with Crippen LogP contribution in [0.25, 0.3) is 0 Å². The highest BCUT2D eigenvalue weighted by molar-refractivity contribution is 5.56. The fourth-order valence-corrected chi connectivity index (χ4v) is 1.92. The topological polar surface area (TPSA) is 73.5 Å². The van der Waals surface area contributed by atoms with Crippen LogP contribution in [-0.4, -0.2) is 23.8 Å². The molecule has 0 amide bonds. The summed E-state index contributed by atoms with van der Waals surface area (Å²) in [5, 5.41) is 0. The van der Waals surface area contributed by atoms with E-state index in [1.807, 2.05) is 30.1 Å². The summed E-state index contributed by atoms with van der Waals surface area (Å²) in [6.07, 6.45) is 1.66. The average molecular weight is 258 g/mol. The van der Waals surface area contributed by atoms with E-state index in [4.69, 9.17) is 15.2 Å². The van der Waals surface area contributed by atoms with Gasteiger partial charge in [0, 0.05) is 25.0 Å². The van der Waals surface area contributed by atoms with E-state index in [2.05, 4.69) is 9.97 Å². The molecule has 0 fully saturated rings. The molecule has 2 N–H and O–H groups in total. The molecule has 6 nitrogen and oxygen atoms in total. The molecule has 0 unspecified atom stereocenters. The zero-order valence-corrected chi connectivity index (χ0v) is 10.5. The van der Waals surface area contributed by atoms with Gasteiger partial charge in [0.1, 0.15) is 11.6 Å².